The molecule has 19 heavy (non-hydrogen) atoms. The summed E-state index contributed by atoms with van der Waals surface area (Å²) in [6.45, 7) is 0. The number of aliphatic hydroxyl groups is 1. The van der Waals surface area contributed by atoms with Crippen molar-refractivity contribution in [3.63, 3.8) is 0 Å². The molecule has 2 aromatic rings. The third-order valence-corrected chi connectivity index (χ3v) is 3.53. The van der Waals surface area contributed by atoms with E-state index in [9.17, 15) is 13.9 Å². The zero-order valence-corrected chi connectivity index (χ0v) is 12.0. The standard InChI is InChI=1S/C14H10BrClF2O/c15-10-2-4-12(17)9(5-10)7-14(19)8-1-3-13(18)11(16)6-8/h1-6,14,19H,7H2. The Hall–Kier alpha value is -0.970. The van der Waals surface area contributed by atoms with E-state index in [2.05, 4.69) is 15.9 Å². The molecule has 1 N–H and O–H groups in total. The summed E-state index contributed by atoms with van der Waals surface area (Å²) in [6, 6.07) is 8.46. The molecule has 0 spiro atoms. The van der Waals surface area contributed by atoms with Gasteiger partial charge in [-0.25, -0.2) is 8.78 Å². The molecule has 1 nitrogen and oxygen atoms in total. The second-order valence-electron chi connectivity index (χ2n) is 4.13. The summed E-state index contributed by atoms with van der Waals surface area (Å²) >= 11 is 8.89. The van der Waals surface area contributed by atoms with Crippen LogP contribution in [-0.2, 0) is 6.42 Å². The molecule has 0 saturated heterocycles. The number of halogens is 4. The van der Waals surface area contributed by atoms with Crippen LogP contribution in [0.5, 0.6) is 0 Å². The van der Waals surface area contributed by atoms with Crippen molar-refractivity contribution < 1.29 is 13.9 Å². The highest BCUT2D eigenvalue weighted by atomic mass is 79.9. The van der Waals surface area contributed by atoms with Crippen LogP contribution in [0.25, 0.3) is 0 Å². The average Bonchev–Trinajstić information content (AvgIpc) is 2.37. The van der Waals surface area contributed by atoms with Gasteiger partial charge in [0.15, 0.2) is 0 Å². The third-order valence-electron chi connectivity index (χ3n) is 2.75. The molecule has 0 amide bonds. The van der Waals surface area contributed by atoms with E-state index in [0.29, 0.717) is 11.1 Å². The van der Waals surface area contributed by atoms with Gasteiger partial charge in [-0.05, 0) is 41.5 Å². The van der Waals surface area contributed by atoms with E-state index in [0.717, 1.165) is 4.47 Å². The van der Waals surface area contributed by atoms with Gasteiger partial charge in [0.2, 0.25) is 0 Å². The Balaban J connectivity index is 2.22. The Kier molecular flexibility index (Phi) is 4.55. The van der Waals surface area contributed by atoms with Crippen molar-refractivity contribution in [2.75, 3.05) is 0 Å². The van der Waals surface area contributed by atoms with Gasteiger partial charge >= 0.3 is 0 Å². The van der Waals surface area contributed by atoms with Crippen LogP contribution in [0.1, 0.15) is 17.2 Å². The van der Waals surface area contributed by atoms with Gasteiger partial charge in [-0.1, -0.05) is 33.6 Å². The molecule has 1 unspecified atom stereocenters. The molecule has 0 fully saturated rings. The molecule has 2 rings (SSSR count). The van der Waals surface area contributed by atoms with Crippen LogP contribution in [0.2, 0.25) is 5.02 Å². The Morgan fingerprint density at radius 3 is 2.47 bits per heavy atom. The minimum atomic E-state index is -0.943. The average molecular weight is 348 g/mol. The lowest BCUT2D eigenvalue weighted by Gasteiger charge is -2.12. The third kappa shape index (κ3) is 3.53. The first-order valence-electron chi connectivity index (χ1n) is 5.54. The number of hydrogen-bond donors (Lipinski definition) is 1. The van der Waals surface area contributed by atoms with Crippen LogP contribution in [-0.4, -0.2) is 5.11 Å². The summed E-state index contributed by atoms with van der Waals surface area (Å²) in [7, 11) is 0. The van der Waals surface area contributed by atoms with Crippen molar-refractivity contribution in [3.8, 4) is 0 Å². The fourth-order valence-electron chi connectivity index (χ4n) is 1.75. The van der Waals surface area contributed by atoms with Crippen molar-refractivity contribution in [2.24, 2.45) is 0 Å². The van der Waals surface area contributed by atoms with Crippen molar-refractivity contribution in [2.45, 2.75) is 12.5 Å². The zero-order valence-electron chi connectivity index (χ0n) is 9.71. The lowest BCUT2D eigenvalue weighted by atomic mass is 10.0. The molecule has 100 valence electrons. The molecule has 0 heterocycles. The molecule has 0 aromatic heterocycles. The summed E-state index contributed by atoms with van der Waals surface area (Å²) < 4.78 is 27.3. The van der Waals surface area contributed by atoms with E-state index < -0.39 is 17.7 Å². The van der Waals surface area contributed by atoms with E-state index in [1.54, 1.807) is 12.1 Å². The van der Waals surface area contributed by atoms with Crippen molar-refractivity contribution in [1.29, 1.82) is 0 Å². The monoisotopic (exact) mass is 346 g/mol. The van der Waals surface area contributed by atoms with Crippen LogP contribution in [0, 0.1) is 11.6 Å². The Morgan fingerprint density at radius 1 is 1.11 bits per heavy atom. The molecule has 0 aliphatic rings. The first kappa shape index (κ1) is 14.4. The molecular weight excluding hydrogens is 338 g/mol. The Labute approximate surface area is 123 Å². The minimum absolute atomic E-state index is 0.0636. The normalized spacial score (nSPS) is 12.5. The summed E-state index contributed by atoms with van der Waals surface area (Å²) in [5.74, 6) is -0.943. The van der Waals surface area contributed by atoms with Crippen LogP contribution >= 0.6 is 27.5 Å². The van der Waals surface area contributed by atoms with Gasteiger partial charge in [0, 0.05) is 10.9 Å². The van der Waals surface area contributed by atoms with Gasteiger partial charge < -0.3 is 5.11 Å². The molecule has 0 radical (unpaired) electrons. The van der Waals surface area contributed by atoms with E-state index in [-0.39, 0.29) is 11.4 Å². The summed E-state index contributed by atoms with van der Waals surface area (Å²) in [5, 5.41) is 9.98. The predicted molar refractivity (Wildman–Crippen MR) is 74.2 cm³/mol. The first-order chi connectivity index (χ1) is 8.97. The molecule has 0 aliphatic heterocycles. The quantitative estimate of drug-likeness (QED) is 0.856. The number of benzene rings is 2. The summed E-state index contributed by atoms with van der Waals surface area (Å²) in [5.41, 5.74) is 0.827. The van der Waals surface area contributed by atoms with Gasteiger partial charge in [-0.15, -0.1) is 0 Å². The molecular formula is C14H10BrClF2O. The summed E-state index contributed by atoms with van der Waals surface area (Å²) in [6.07, 6.45) is -0.852. The predicted octanol–water partition coefficient (Wildman–Crippen LogP) is 4.66. The van der Waals surface area contributed by atoms with Crippen molar-refractivity contribution >= 4 is 27.5 Å². The first-order valence-corrected chi connectivity index (χ1v) is 6.71. The van der Waals surface area contributed by atoms with Crippen LogP contribution in [0.4, 0.5) is 8.78 Å². The fourth-order valence-corrected chi connectivity index (χ4v) is 2.34. The maximum absolute atomic E-state index is 13.6. The molecule has 1 atom stereocenters. The molecule has 5 heteroatoms. The molecule has 0 aliphatic carbocycles. The fraction of sp³-hybridized carbons (Fsp3) is 0.143. The summed E-state index contributed by atoms with van der Waals surface area (Å²) in [4.78, 5) is 0. The number of aliphatic hydroxyl groups excluding tert-OH is 1. The topological polar surface area (TPSA) is 20.2 Å². The maximum Gasteiger partial charge on any atom is 0.141 e. The van der Waals surface area contributed by atoms with Gasteiger partial charge in [-0.3, -0.25) is 0 Å². The minimum Gasteiger partial charge on any atom is -0.388 e. The lowest BCUT2D eigenvalue weighted by Crippen LogP contribution is -2.04. The van der Waals surface area contributed by atoms with E-state index in [1.807, 2.05) is 0 Å². The van der Waals surface area contributed by atoms with Crippen molar-refractivity contribution in [1.82, 2.24) is 0 Å². The van der Waals surface area contributed by atoms with E-state index in [1.165, 1.54) is 24.3 Å². The van der Waals surface area contributed by atoms with Gasteiger partial charge in [0.05, 0.1) is 11.1 Å². The Morgan fingerprint density at radius 2 is 1.79 bits per heavy atom. The van der Waals surface area contributed by atoms with Crippen LogP contribution < -0.4 is 0 Å². The number of rotatable bonds is 3. The highest BCUT2D eigenvalue weighted by Gasteiger charge is 2.13. The van der Waals surface area contributed by atoms with Crippen molar-refractivity contribution in [3.05, 3.63) is 68.7 Å². The zero-order chi connectivity index (χ0) is 14.0. The molecule has 0 saturated carbocycles. The van der Waals surface area contributed by atoms with Crippen LogP contribution in [0.15, 0.2) is 40.9 Å². The lowest BCUT2D eigenvalue weighted by molar-refractivity contribution is 0.177. The molecule has 2 aromatic carbocycles. The smallest absolute Gasteiger partial charge is 0.141 e. The largest absolute Gasteiger partial charge is 0.388 e. The highest BCUT2D eigenvalue weighted by Crippen LogP contribution is 2.25. The van der Waals surface area contributed by atoms with Gasteiger partial charge in [0.25, 0.3) is 0 Å². The highest BCUT2D eigenvalue weighted by molar-refractivity contribution is 9.10. The van der Waals surface area contributed by atoms with Crippen LogP contribution in [0.3, 0.4) is 0 Å². The molecule has 0 bridgehead atoms. The van der Waals surface area contributed by atoms with Gasteiger partial charge in [0.1, 0.15) is 11.6 Å². The second kappa shape index (κ2) is 5.99. The van der Waals surface area contributed by atoms with E-state index in [4.69, 9.17) is 11.6 Å². The maximum atomic E-state index is 13.6. The van der Waals surface area contributed by atoms with Gasteiger partial charge in [-0.2, -0.15) is 0 Å². The SMILES string of the molecule is OC(Cc1cc(Br)ccc1F)c1ccc(F)c(Cl)c1. The number of hydrogen-bond acceptors (Lipinski definition) is 1. The van der Waals surface area contributed by atoms with E-state index >= 15 is 0 Å². The second-order valence-corrected chi connectivity index (χ2v) is 5.45. The Bertz CT molecular complexity index is 604.